The van der Waals surface area contributed by atoms with Crippen LogP contribution in [0, 0.1) is 11.8 Å². The molecule has 0 aliphatic carbocycles. The molecule has 1 N–H and O–H groups in total. The molecule has 3 aromatic heterocycles. The second-order valence-corrected chi connectivity index (χ2v) is 12.3. The Morgan fingerprint density at radius 3 is 2.33 bits per heavy atom. The number of hydrogen-bond donors (Lipinski definition) is 1. The molecule has 1 saturated heterocycles. The second-order valence-electron chi connectivity index (χ2n) is 12.3. The smallest absolute Gasteiger partial charge is 0.278 e. The van der Waals surface area contributed by atoms with Crippen molar-refractivity contribution < 1.29 is 14.4 Å². The van der Waals surface area contributed by atoms with Crippen LogP contribution in [0.3, 0.4) is 0 Å². The molecule has 39 heavy (non-hydrogen) atoms. The molecule has 0 spiro atoms. The van der Waals surface area contributed by atoms with Gasteiger partial charge in [0.15, 0.2) is 5.69 Å². The zero-order chi connectivity index (χ0) is 28.2. The average molecular weight is 539 g/mol. The number of aromatic nitrogens is 4. The van der Waals surface area contributed by atoms with Crippen molar-refractivity contribution in [3.63, 3.8) is 0 Å². The number of aliphatic hydroxyl groups is 1. The van der Waals surface area contributed by atoms with Gasteiger partial charge >= 0.3 is 0 Å². The standard InChI is InChI=1S/C30H46N6O3/c1-21(2)13-18-35(19-14-22(3)4)28(37)23-11-12-25-31-26(27-32-29(33-39-27)30(5,6)38)24(36(25)20-23)10-9-17-34-15-7-8-16-34/h11-12,20-22,38H,7-10,13-19H2,1-6H3. The minimum absolute atomic E-state index is 0.0542. The molecule has 0 aromatic carbocycles. The van der Waals surface area contributed by atoms with Crippen LogP contribution in [0.25, 0.3) is 17.2 Å². The summed E-state index contributed by atoms with van der Waals surface area (Å²) in [4.78, 5) is 27.5. The van der Waals surface area contributed by atoms with Crippen molar-refractivity contribution in [3.05, 3.63) is 35.4 Å². The van der Waals surface area contributed by atoms with Gasteiger partial charge < -0.3 is 23.8 Å². The molecular weight excluding hydrogens is 492 g/mol. The Morgan fingerprint density at radius 1 is 1.08 bits per heavy atom. The summed E-state index contributed by atoms with van der Waals surface area (Å²) in [6, 6.07) is 3.77. The van der Waals surface area contributed by atoms with E-state index in [0.29, 0.717) is 23.1 Å². The normalized spacial score (nSPS) is 14.8. The number of imidazole rings is 1. The summed E-state index contributed by atoms with van der Waals surface area (Å²) < 4.78 is 7.59. The fourth-order valence-corrected chi connectivity index (χ4v) is 5.00. The number of likely N-dealkylation sites (tertiary alicyclic amines) is 1. The van der Waals surface area contributed by atoms with Crippen LogP contribution in [-0.2, 0) is 12.0 Å². The molecule has 0 atom stereocenters. The van der Waals surface area contributed by atoms with Crippen LogP contribution in [0.15, 0.2) is 22.9 Å². The molecule has 1 amide bonds. The number of nitrogens with zero attached hydrogens (tertiary/aromatic N) is 6. The van der Waals surface area contributed by atoms with E-state index in [4.69, 9.17) is 9.51 Å². The molecule has 0 unspecified atom stereocenters. The summed E-state index contributed by atoms with van der Waals surface area (Å²) in [5, 5.41) is 14.4. The van der Waals surface area contributed by atoms with E-state index >= 15 is 0 Å². The molecule has 9 heteroatoms. The van der Waals surface area contributed by atoms with Gasteiger partial charge in [0.2, 0.25) is 5.82 Å². The maximum absolute atomic E-state index is 13.7. The zero-order valence-corrected chi connectivity index (χ0v) is 24.6. The first-order valence-corrected chi connectivity index (χ1v) is 14.6. The van der Waals surface area contributed by atoms with E-state index in [-0.39, 0.29) is 17.6 Å². The number of hydrogen-bond acceptors (Lipinski definition) is 7. The molecule has 9 nitrogen and oxygen atoms in total. The summed E-state index contributed by atoms with van der Waals surface area (Å²) in [6.45, 7) is 16.9. The van der Waals surface area contributed by atoms with Gasteiger partial charge in [-0.25, -0.2) is 4.98 Å². The highest BCUT2D eigenvalue weighted by molar-refractivity contribution is 5.94. The molecule has 1 fully saturated rings. The predicted molar refractivity (Wildman–Crippen MR) is 153 cm³/mol. The van der Waals surface area contributed by atoms with E-state index in [1.807, 2.05) is 27.6 Å². The van der Waals surface area contributed by atoms with Gasteiger partial charge in [-0.2, -0.15) is 4.98 Å². The Labute approximate surface area is 232 Å². The maximum atomic E-state index is 13.7. The molecule has 4 heterocycles. The third kappa shape index (κ3) is 7.45. The molecule has 0 saturated carbocycles. The van der Waals surface area contributed by atoms with Gasteiger partial charge in [0.05, 0.1) is 11.3 Å². The van der Waals surface area contributed by atoms with Gasteiger partial charge in [-0.15, -0.1) is 0 Å². The first-order valence-electron chi connectivity index (χ1n) is 14.6. The number of fused-ring (bicyclic) bond motifs is 1. The lowest BCUT2D eigenvalue weighted by molar-refractivity contribution is 0.0660. The van der Waals surface area contributed by atoms with Crippen molar-refractivity contribution in [2.24, 2.45) is 11.8 Å². The number of pyridine rings is 1. The Morgan fingerprint density at radius 2 is 1.74 bits per heavy atom. The van der Waals surface area contributed by atoms with Crippen molar-refractivity contribution >= 4 is 11.6 Å². The highest BCUT2D eigenvalue weighted by Gasteiger charge is 2.27. The molecule has 3 aromatic rings. The molecule has 0 bridgehead atoms. The van der Waals surface area contributed by atoms with Crippen molar-refractivity contribution in [2.45, 2.75) is 85.7 Å². The monoisotopic (exact) mass is 538 g/mol. The third-order valence-electron chi connectivity index (χ3n) is 7.47. The topological polar surface area (TPSA) is 100 Å². The summed E-state index contributed by atoms with van der Waals surface area (Å²) >= 11 is 0. The van der Waals surface area contributed by atoms with E-state index < -0.39 is 5.60 Å². The van der Waals surface area contributed by atoms with Crippen molar-refractivity contribution in [3.8, 4) is 11.6 Å². The van der Waals surface area contributed by atoms with Crippen LogP contribution >= 0.6 is 0 Å². The highest BCUT2D eigenvalue weighted by atomic mass is 16.5. The van der Waals surface area contributed by atoms with Crippen LogP contribution in [0.5, 0.6) is 0 Å². The summed E-state index contributed by atoms with van der Waals surface area (Å²) in [5.41, 5.74) is 1.73. The molecule has 1 aliphatic rings. The lowest BCUT2D eigenvalue weighted by Gasteiger charge is -2.24. The largest absolute Gasteiger partial charge is 0.382 e. The van der Waals surface area contributed by atoms with E-state index in [1.54, 1.807) is 13.8 Å². The van der Waals surface area contributed by atoms with E-state index in [0.717, 1.165) is 69.7 Å². The van der Waals surface area contributed by atoms with Gasteiger partial charge in [-0.05, 0) is 96.0 Å². The SMILES string of the molecule is CC(C)CCN(CCC(C)C)C(=O)c1ccc2nc(-c3nc(C(C)(C)O)no3)c(CCCN3CCCC3)n2c1. The lowest BCUT2D eigenvalue weighted by atomic mass is 10.1. The fourth-order valence-electron chi connectivity index (χ4n) is 5.00. The molecule has 0 radical (unpaired) electrons. The first-order chi connectivity index (χ1) is 18.5. The molecule has 1 aliphatic heterocycles. The van der Waals surface area contributed by atoms with Crippen LogP contribution in [0.1, 0.15) is 95.5 Å². The maximum Gasteiger partial charge on any atom is 0.278 e. The molecular formula is C30H46N6O3. The Bertz CT molecular complexity index is 1220. The number of carbonyl (C=O) groups excluding carboxylic acids is 1. The Kier molecular flexibility index (Phi) is 9.43. The number of aryl methyl sites for hydroxylation is 1. The average Bonchev–Trinajstić information content (AvgIpc) is 3.63. The zero-order valence-electron chi connectivity index (χ0n) is 24.6. The van der Waals surface area contributed by atoms with E-state index in [9.17, 15) is 9.90 Å². The summed E-state index contributed by atoms with van der Waals surface area (Å²) in [6.07, 6.45) is 8.11. The number of rotatable bonds is 13. The van der Waals surface area contributed by atoms with E-state index in [2.05, 4.69) is 42.7 Å². The van der Waals surface area contributed by atoms with Gasteiger partial charge in [-0.3, -0.25) is 4.79 Å². The Hall–Kier alpha value is -2.78. The van der Waals surface area contributed by atoms with Crippen LogP contribution in [0.2, 0.25) is 0 Å². The predicted octanol–water partition coefficient (Wildman–Crippen LogP) is 5.17. The van der Waals surface area contributed by atoms with Crippen LogP contribution in [-0.4, -0.2) is 73.1 Å². The lowest BCUT2D eigenvalue weighted by Crippen LogP contribution is -2.34. The third-order valence-corrected chi connectivity index (χ3v) is 7.47. The van der Waals surface area contributed by atoms with Gasteiger partial charge in [-0.1, -0.05) is 32.9 Å². The van der Waals surface area contributed by atoms with Crippen LogP contribution < -0.4 is 0 Å². The first kappa shape index (κ1) is 29.2. The minimum atomic E-state index is -1.22. The van der Waals surface area contributed by atoms with Gasteiger partial charge in [0.25, 0.3) is 11.8 Å². The van der Waals surface area contributed by atoms with Crippen molar-refractivity contribution in [1.82, 2.24) is 29.3 Å². The molecule has 4 rings (SSSR count). The Balaban J connectivity index is 1.67. The highest BCUT2D eigenvalue weighted by Crippen LogP contribution is 2.28. The summed E-state index contributed by atoms with van der Waals surface area (Å²) in [7, 11) is 0. The van der Waals surface area contributed by atoms with Gasteiger partial charge in [0.1, 0.15) is 11.2 Å². The quantitative estimate of drug-likeness (QED) is 0.320. The minimum Gasteiger partial charge on any atom is -0.382 e. The number of amides is 1. The van der Waals surface area contributed by atoms with Gasteiger partial charge in [0, 0.05) is 19.3 Å². The van der Waals surface area contributed by atoms with Crippen molar-refractivity contribution in [2.75, 3.05) is 32.7 Å². The number of carbonyl (C=O) groups is 1. The molecule has 214 valence electrons. The van der Waals surface area contributed by atoms with E-state index in [1.165, 1.54) is 12.8 Å². The summed E-state index contributed by atoms with van der Waals surface area (Å²) in [5.74, 6) is 1.63. The van der Waals surface area contributed by atoms with Crippen molar-refractivity contribution in [1.29, 1.82) is 0 Å². The van der Waals surface area contributed by atoms with Crippen LogP contribution in [0.4, 0.5) is 0 Å². The second kappa shape index (κ2) is 12.6. The fraction of sp³-hybridized carbons (Fsp3) is 0.667.